The molecule has 1 amide bonds. The van der Waals surface area contributed by atoms with Gasteiger partial charge in [0.15, 0.2) is 0 Å². The summed E-state index contributed by atoms with van der Waals surface area (Å²) >= 11 is 0. The van der Waals surface area contributed by atoms with Crippen LogP contribution in [0.3, 0.4) is 0 Å². The predicted octanol–water partition coefficient (Wildman–Crippen LogP) is 4.67. The summed E-state index contributed by atoms with van der Waals surface area (Å²) < 4.78 is 43.9. The fraction of sp³-hybridized carbons (Fsp3) is 0.130. The highest BCUT2D eigenvalue weighted by Crippen LogP contribution is 2.31. The predicted molar refractivity (Wildman–Crippen MR) is 115 cm³/mol. The number of benzene rings is 3. The Bertz CT molecular complexity index is 1250. The van der Waals surface area contributed by atoms with Crippen LogP contribution in [0.25, 0.3) is 11.4 Å². The molecule has 4 rings (SSSR count). The molecule has 0 spiro atoms. The highest BCUT2D eigenvalue weighted by Gasteiger charge is 2.30. The highest BCUT2D eigenvalue weighted by molar-refractivity contribution is 6.04. The molecule has 0 saturated carbocycles. The summed E-state index contributed by atoms with van der Waals surface area (Å²) in [5.74, 6) is 0.518. The van der Waals surface area contributed by atoms with Crippen LogP contribution in [0, 0.1) is 0 Å². The minimum Gasteiger partial charge on any atom is -0.497 e. The van der Waals surface area contributed by atoms with E-state index in [4.69, 9.17) is 4.74 Å². The number of anilines is 1. The monoisotopic (exact) mass is 453 g/mol. The van der Waals surface area contributed by atoms with E-state index in [0.29, 0.717) is 17.0 Å². The first-order valence-corrected chi connectivity index (χ1v) is 9.81. The molecule has 168 valence electrons. The zero-order valence-electron chi connectivity index (χ0n) is 17.4. The first-order valence-electron chi connectivity index (χ1n) is 9.81. The largest absolute Gasteiger partial charge is 0.497 e. The average Bonchev–Trinajstić information content (AvgIpc) is 3.28. The maximum Gasteiger partial charge on any atom is 0.416 e. The van der Waals surface area contributed by atoms with Gasteiger partial charge in [0.25, 0.3) is 5.91 Å². The maximum atomic E-state index is 12.9. The maximum absolute atomic E-state index is 12.9. The smallest absolute Gasteiger partial charge is 0.416 e. The Labute approximate surface area is 186 Å². The van der Waals surface area contributed by atoms with Crippen molar-refractivity contribution in [2.45, 2.75) is 12.7 Å². The standard InChI is InChI=1S/C23H18F3N5O2/c1-33-20-11-9-19(10-12-20)27-22(32)16-7-5-15(6-8-16)14-31-29-21(28-30-31)17-3-2-4-18(13-17)23(24,25)26/h2-13H,14H2,1H3,(H,27,32). The molecular weight excluding hydrogens is 435 g/mol. The molecule has 0 radical (unpaired) electrons. The third-order valence-electron chi connectivity index (χ3n) is 4.79. The highest BCUT2D eigenvalue weighted by atomic mass is 19.4. The number of nitrogens with zero attached hydrogens (tertiary/aromatic N) is 4. The molecule has 10 heteroatoms. The Morgan fingerprint density at radius 2 is 1.76 bits per heavy atom. The number of rotatable bonds is 6. The first-order chi connectivity index (χ1) is 15.8. The minimum absolute atomic E-state index is 0.0941. The van der Waals surface area contributed by atoms with Crippen LogP contribution in [-0.4, -0.2) is 33.2 Å². The van der Waals surface area contributed by atoms with E-state index in [1.54, 1.807) is 55.6 Å². The minimum atomic E-state index is -4.45. The van der Waals surface area contributed by atoms with Crippen LogP contribution in [0.2, 0.25) is 0 Å². The van der Waals surface area contributed by atoms with Crippen molar-refractivity contribution in [2.75, 3.05) is 12.4 Å². The molecule has 0 atom stereocenters. The molecule has 0 aliphatic heterocycles. The molecule has 0 saturated heterocycles. The van der Waals surface area contributed by atoms with E-state index in [0.717, 1.165) is 17.7 Å². The molecular formula is C23H18F3N5O2. The van der Waals surface area contributed by atoms with Crippen molar-refractivity contribution < 1.29 is 22.7 Å². The van der Waals surface area contributed by atoms with Gasteiger partial charge in [0.1, 0.15) is 5.75 Å². The summed E-state index contributed by atoms with van der Waals surface area (Å²) in [4.78, 5) is 13.7. The number of methoxy groups -OCH3 is 1. The number of ether oxygens (including phenoxy) is 1. The van der Waals surface area contributed by atoms with Crippen molar-refractivity contribution >= 4 is 11.6 Å². The van der Waals surface area contributed by atoms with Crippen molar-refractivity contribution in [1.82, 2.24) is 20.2 Å². The number of aromatic nitrogens is 4. The summed E-state index contributed by atoms with van der Waals surface area (Å²) in [5, 5.41) is 14.7. The van der Waals surface area contributed by atoms with Gasteiger partial charge in [-0.3, -0.25) is 4.79 Å². The zero-order valence-corrected chi connectivity index (χ0v) is 17.4. The van der Waals surface area contributed by atoms with Crippen LogP contribution in [0.4, 0.5) is 18.9 Å². The molecule has 0 unspecified atom stereocenters. The lowest BCUT2D eigenvalue weighted by atomic mass is 10.1. The van der Waals surface area contributed by atoms with E-state index in [9.17, 15) is 18.0 Å². The lowest BCUT2D eigenvalue weighted by Gasteiger charge is -2.07. The van der Waals surface area contributed by atoms with Crippen LogP contribution in [0.15, 0.2) is 72.8 Å². The lowest BCUT2D eigenvalue weighted by Crippen LogP contribution is -2.12. The van der Waals surface area contributed by atoms with Gasteiger partial charge in [-0.25, -0.2) is 0 Å². The number of hydrogen-bond acceptors (Lipinski definition) is 5. The average molecular weight is 453 g/mol. The van der Waals surface area contributed by atoms with Crippen molar-refractivity contribution in [3.63, 3.8) is 0 Å². The third kappa shape index (κ3) is 5.35. The van der Waals surface area contributed by atoms with E-state index >= 15 is 0 Å². The number of hydrogen-bond donors (Lipinski definition) is 1. The Kier molecular flexibility index (Phi) is 6.07. The van der Waals surface area contributed by atoms with Gasteiger partial charge in [0, 0.05) is 16.8 Å². The SMILES string of the molecule is COc1ccc(NC(=O)c2ccc(Cn3nnc(-c4cccc(C(F)(F)F)c4)n3)cc2)cc1. The number of halogens is 3. The van der Waals surface area contributed by atoms with E-state index in [1.165, 1.54) is 16.9 Å². The van der Waals surface area contributed by atoms with Gasteiger partial charge in [0.05, 0.1) is 19.2 Å². The van der Waals surface area contributed by atoms with Gasteiger partial charge in [-0.1, -0.05) is 24.3 Å². The zero-order chi connectivity index (χ0) is 23.4. The van der Waals surface area contributed by atoms with Crippen molar-refractivity contribution in [3.8, 4) is 17.1 Å². The van der Waals surface area contributed by atoms with E-state index in [1.807, 2.05) is 0 Å². The number of amides is 1. The lowest BCUT2D eigenvalue weighted by molar-refractivity contribution is -0.137. The van der Waals surface area contributed by atoms with Crippen LogP contribution < -0.4 is 10.1 Å². The van der Waals surface area contributed by atoms with E-state index < -0.39 is 11.7 Å². The van der Waals surface area contributed by atoms with Gasteiger partial charge in [-0.15, -0.1) is 10.2 Å². The molecule has 1 N–H and O–H groups in total. The number of alkyl halides is 3. The number of carbonyl (C=O) groups is 1. The summed E-state index contributed by atoms with van der Waals surface area (Å²) in [6.45, 7) is 0.242. The second-order valence-electron chi connectivity index (χ2n) is 7.10. The number of carbonyl (C=O) groups excluding carboxylic acids is 1. The molecule has 33 heavy (non-hydrogen) atoms. The van der Waals surface area contributed by atoms with Crippen molar-refractivity contribution in [2.24, 2.45) is 0 Å². The molecule has 0 bridgehead atoms. The van der Waals surface area contributed by atoms with E-state index in [-0.39, 0.29) is 23.8 Å². The molecule has 0 fully saturated rings. The Morgan fingerprint density at radius 1 is 1.03 bits per heavy atom. The molecule has 0 aliphatic carbocycles. The van der Waals surface area contributed by atoms with Crippen LogP contribution in [-0.2, 0) is 12.7 Å². The number of tetrazole rings is 1. The fourth-order valence-electron chi connectivity index (χ4n) is 3.06. The molecule has 1 aromatic heterocycles. The van der Waals surface area contributed by atoms with E-state index in [2.05, 4.69) is 20.7 Å². The summed E-state index contributed by atoms with van der Waals surface area (Å²) in [7, 11) is 1.57. The van der Waals surface area contributed by atoms with Crippen LogP contribution in [0.1, 0.15) is 21.5 Å². The Balaban J connectivity index is 1.41. The quantitative estimate of drug-likeness (QED) is 0.459. The summed E-state index contributed by atoms with van der Waals surface area (Å²) in [6, 6.07) is 18.6. The fourth-order valence-corrected chi connectivity index (χ4v) is 3.06. The molecule has 4 aromatic rings. The Hall–Kier alpha value is -4.21. The van der Waals surface area contributed by atoms with Gasteiger partial charge in [0.2, 0.25) is 5.82 Å². The normalized spacial score (nSPS) is 11.3. The van der Waals surface area contributed by atoms with Gasteiger partial charge < -0.3 is 10.1 Å². The van der Waals surface area contributed by atoms with Crippen LogP contribution in [0.5, 0.6) is 5.75 Å². The van der Waals surface area contributed by atoms with Crippen molar-refractivity contribution in [1.29, 1.82) is 0 Å². The van der Waals surface area contributed by atoms with Crippen molar-refractivity contribution in [3.05, 3.63) is 89.5 Å². The molecule has 3 aromatic carbocycles. The van der Waals surface area contributed by atoms with Gasteiger partial charge >= 0.3 is 6.18 Å². The molecule has 1 heterocycles. The third-order valence-corrected chi connectivity index (χ3v) is 4.79. The van der Waals surface area contributed by atoms with Gasteiger partial charge in [-0.2, -0.15) is 18.0 Å². The second kappa shape index (κ2) is 9.11. The number of nitrogens with one attached hydrogen (secondary N) is 1. The summed E-state index contributed by atoms with van der Waals surface area (Å²) in [5.41, 5.74) is 1.34. The van der Waals surface area contributed by atoms with Gasteiger partial charge in [-0.05, 0) is 59.3 Å². The Morgan fingerprint density at radius 3 is 2.42 bits per heavy atom. The summed E-state index contributed by atoms with van der Waals surface area (Å²) in [6.07, 6.45) is -4.45. The van der Waals surface area contributed by atoms with Crippen LogP contribution >= 0.6 is 0 Å². The second-order valence-corrected chi connectivity index (χ2v) is 7.10. The first kappa shape index (κ1) is 22.0. The molecule has 0 aliphatic rings. The molecule has 7 nitrogen and oxygen atoms in total. The topological polar surface area (TPSA) is 81.9 Å².